The summed E-state index contributed by atoms with van der Waals surface area (Å²) in [6.07, 6.45) is 4.91. The molecule has 0 aromatic carbocycles. The number of nitrogens with one attached hydrogen (secondary N) is 1. The highest BCUT2D eigenvalue weighted by molar-refractivity contribution is 5.41. The number of methoxy groups -OCH3 is 1. The second-order valence-electron chi connectivity index (χ2n) is 3.48. The fraction of sp³-hybridized carbons (Fsp3) is 0.300. The van der Waals surface area contributed by atoms with Crippen LogP contribution in [0.15, 0.2) is 18.6 Å². The van der Waals surface area contributed by atoms with Crippen LogP contribution in [0.5, 0.6) is 5.75 Å². The Kier molecular flexibility index (Phi) is 3.08. The number of hydrogen-bond donors (Lipinski definition) is 2. The number of ether oxygens (including phenoxy) is 1. The van der Waals surface area contributed by atoms with Crippen LogP contribution in [-0.2, 0) is 13.6 Å². The van der Waals surface area contributed by atoms with Gasteiger partial charge >= 0.3 is 0 Å². The molecule has 2 aromatic heterocycles. The van der Waals surface area contributed by atoms with E-state index < -0.39 is 0 Å². The van der Waals surface area contributed by atoms with Crippen molar-refractivity contribution in [3.05, 3.63) is 24.2 Å². The van der Waals surface area contributed by atoms with E-state index in [1.54, 1.807) is 37.4 Å². The van der Waals surface area contributed by atoms with Crippen molar-refractivity contribution in [2.45, 2.75) is 6.54 Å². The molecule has 0 radical (unpaired) electrons. The molecule has 2 aromatic rings. The predicted octanol–water partition coefficient (Wildman–Crippen LogP) is 0.413. The molecule has 0 atom stereocenters. The normalized spacial score (nSPS) is 10.2. The van der Waals surface area contributed by atoms with Crippen LogP contribution >= 0.6 is 0 Å². The number of nitrogens with two attached hydrogens (primary N) is 1. The number of hydrogen-bond acceptors (Lipinski definition) is 6. The van der Waals surface area contributed by atoms with E-state index in [9.17, 15) is 0 Å². The minimum atomic E-state index is 0.522. The smallest absolute Gasteiger partial charge is 0.223 e. The lowest BCUT2D eigenvalue weighted by Gasteiger charge is -2.04. The van der Waals surface area contributed by atoms with Crippen LogP contribution in [0.4, 0.5) is 11.8 Å². The first-order valence-electron chi connectivity index (χ1n) is 5.07. The second kappa shape index (κ2) is 4.69. The first kappa shape index (κ1) is 11.2. The molecule has 0 spiro atoms. The minimum absolute atomic E-state index is 0.522. The van der Waals surface area contributed by atoms with Crippen molar-refractivity contribution in [3.63, 3.8) is 0 Å². The molecule has 7 nitrogen and oxygen atoms in total. The van der Waals surface area contributed by atoms with E-state index in [1.807, 2.05) is 0 Å². The Morgan fingerprint density at radius 2 is 2.06 bits per heavy atom. The van der Waals surface area contributed by atoms with E-state index in [0.717, 1.165) is 5.56 Å². The van der Waals surface area contributed by atoms with Crippen molar-refractivity contribution in [2.75, 3.05) is 18.2 Å². The van der Waals surface area contributed by atoms with Gasteiger partial charge in [0.1, 0.15) is 5.82 Å². The molecule has 0 fully saturated rings. The summed E-state index contributed by atoms with van der Waals surface area (Å²) in [6, 6.07) is 0. The maximum Gasteiger partial charge on any atom is 0.223 e. The van der Waals surface area contributed by atoms with Gasteiger partial charge in [-0.15, -0.1) is 0 Å². The van der Waals surface area contributed by atoms with E-state index in [-0.39, 0.29) is 0 Å². The number of aryl methyl sites for hydroxylation is 1. The SMILES string of the molecule is COc1cnc(NCc2cnn(C)c2N)nc1. The molecule has 0 aliphatic carbocycles. The molecule has 2 rings (SSSR count). The molecule has 0 unspecified atom stereocenters. The van der Waals surface area contributed by atoms with Gasteiger partial charge in [-0.25, -0.2) is 9.97 Å². The maximum absolute atomic E-state index is 5.81. The van der Waals surface area contributed by atoms with Crippen molar-refractivity contribution < 1.29 is 4.74 Å². The van der Waals surface area contributed by atoms with Gasteiger partial charge in [-0.2, -0.15) is 5.10 Å². The Hall–Kier alpha value is -2.31. The Morgan fingerprint density at radius 3 is 2.59 bits per heavy atom. The Balaban J connectivity index is 2.00. The average Bonchev–Trinajstić information content (AvgIpc) is 2.68. The summed E-state index contributed by atoms with van der Waals surface area (Å²) >= 11 is 0. The third kappa shape index (κ3) is 2.44. The topological polar surface area (TPSA) is 90.9 Å². The van der Waals surface area contributed by atoms with Gasteiger partial charge in [-0.1, -0.05) is 0 Å². The molecule has 0 amide bonds. The summed E-state index contributed by atoms with van der Waals surface area (Å²) in [5.41, 5.74) is 6.72. The van der Waals surface area contributed by atoms with Crippen LogP contribution in [0.1, 0.15) is 5.56 Å². The largest absolute Gasteiger partial charge is 0.494 e. The Bertz CT molecular complexity index is 492. The third-order valence-corrected chi connectivity index (χ3v) is 2.37. The lowest BCUT2D eigenvalue weighted by molar-refractivity contribution is 0.411. The number of nitrogen functional groups attached to an aromatic ring is 1. The van der Waals surface area contributed by atoms with Gasteiger partial charge < -0.3 is 15.8 Å². The molecule has 0 saturated heterocycles. The summed E-state index contributed by atoms with van der Waals surface area (Å²) in [5, 5.41) is 7.10. The number of rotatable bonds is 4. The fourth-order valence-corrected chi connectivity index (χ4v) is 1.32. The second-order valence-corrected chi connectivity index (χ2v) is 3.48. The van der Waals surface area contributed by atoms with Crippen LogP contribution in [-0.4, -0.2) is 26.9 Å². The zero-order valence-corrected chi connectivity index (χ0v) is 9.71. The molecular formula is C10H14N6O. The average molecular weight is 234 g/mol. The molecule has 7 heteroatoms. The molecule has 0 aliphatic rings. The summed E-state index contributed by atoms with van der Waals surface area (Å²) < 4.78 is 6.59. The van der Waals surface area contributed by atoms with Gasteiger partial charge in [0, 0.05) is 19.2 Å². The quantitative estimate of drug-likeness (QED) is 0.796. The van der Waals surface area contributed by atoms with E-state index in [1.165, 1.54) is 0 Å². The van der Waals surface area contributed by atoms with Crippen molar-refractivity contribution in [1.82, 2.24) is 19.7 Å². The van der Waals surface area contributed by atoms with Crippen molar-refractivity contribution >= 4 is 11.8 Å². The van der Waals surface area contributed by atoms with Crippen molar-refractivity contribution in [1.29, 1.82) is 0 Å². The van der Waals surface area contributed by atoms with E-state index in [0.29, 0.717) is 24.1 Å². The molecule has 0 saturated carbocycles. The number of anilines is 2. The molecule has 2 heterocycles. The molecular weight excluding hydrogens is 220 g/mol. The van der Waals surface area contributed by atoms with Crippen LogP contribution in [0.2, 0.25) is 0 Å². The first-order valence-corrected chi connectivity index (χ1v) is 5.07. The monoisotopic (exact) mass is 234 g/mol. The third-order valence-electron chi connectivity index (χ3n) is 2.37. The Morgan fingerprint density at radius 1 is 1.35 bits per heavy atom. The lowest BCUT2D eigenvalue weighted by atomic mass is 10.3. The summed E-state index contributed by atoms with van der Waals surface area (Å²) in [6.45, 7) is 0.534. The van der Waals surface area contributed by atoms with Gasteiger partial charge in [-0.05, 0) is 0 Å². The van der Waals surface area contributed by atoms with E-state index >= 15 is 0 Å². The number of aromatic nitrogens is 4. The standard InChI is InChI=1S/C10H14N6O/c1-16-9(11)7(4-15-16)3-12-10-13-5-8(17-2)6-14-10/h4-6H,3,11H2,1-2H3,(H,12,13,14). The molecule has 3 N–H and O–H groups in total. The maximum atomic E-state index is 5.81. The molecule has 90 valence electrons. The van der Waals surface area contributed by atoms with Gasteiger partial charge in [0.05, 0.1) is 25.7 Å². The van der Waals surface area contributed by atoms with Crippen LogP contribution in [0, 0.1) is 0 Å². The van der Waals surface area contributed by atoms with Gasteiger partial charge in [0.25, 0.3) is 0 Å². The zero-order chi connectivity index (χ0) is 12.3. The summed E-state index contributed by atoms with van der Waals surface area (Å²) in [5.74, 6) is 1.77. The van der Waals surface area contributed by atoms with Crippen molar-refractivity contribution in [3.8, 4) is 5.75 Å². The summed E-state index contributed by atoms with van der Waals surface area (Å²) in [4.78, 5) is 8.17. The highest BCUT2D eigenvalue weighted by Gasteiger charge is 2.04. The Labute approximate surface area is 98.6 Å². The first-order chi connectivity index (χ1) is 8.20. The number of nitrogens with zero attached hydrogens (tertiary/aromatic N) is 4. The predicted molar refractivity (Wildman–Crippen MR) is 63.5 cm³/mol. The molecule has 0 aliphatic heterocycles. The highest BCUT2D eigenvalue weighted by Crippen LogP contribution is 2.12. The fourth-order valence-electron chi connectivity index (χ4n) is 1.32. The van der Waals surface area contributed by atoms with E-state index in [4.69, 9.17) is 10.5 Å². The van der Waals surface area contributed by atoms with Gasteiger partial charge in [-0.3, -0.25) is 4.68 Å². The minimum Gasteiger partial charge on any atom is -0.494 e. The summed E-state index contributed by atoms with van der Waals surface area (Å²) in [7, 11) is 3.37. The molecule has 17 heavy (non-hydrogen) atoms. The van der Waals surface area contributed by atoms with Gasteiger partial charge in [0.2, 0.25) is 5.95 Å². The van der Waals surface area contributed by atoms with E-state index in [2.05, 4.69) is 20.4 Å². The van der Waals surface area contributed by atoms with Crippen LogP contribution in [0.3, 0.4) is 0 Å². The lowest BCUT2D eigenvalue weighted by Crippen LogP contribution is -2.06. The van der Waals surface area contributed by atoms with Crippen molar-refractivity contribution in [2.24, 2.45) is 7.05 Å². The van der Waals surface area contributed by atoms with Crippen LogP contribution in [0.25, 0.3) is 0 Å². The van der Waals surface area contributed by atoms with Gasteiger partial charge in [0.15, 0.2) is 5.75 Å². The zero-order valence-electron chi connectivity index (χ0n) is 9.71. The van der Waals surface area contributed by atoms with Crippen LogP contribution < -0.4 is 15.8 Å². The highest BCUT2D eigenvalue weighted by atomic mass is 16.5. The molecule has 0 bridgehead atoms.